The molecular weight excluding hydrogens is 356 g/mol. The summed E-state index contributed by atoms with van der Waals surface area (Å²) in [5.41, 5.74) is 6.76. The summed E-state index contributed by atoms with van der Waals surface area (Å²) in [6.07, 6.45) is 1.93. The third-order valence-electron chi connectivity index (χ3n) is 5.19. The Labute approximate surface area is 162 Å². The average Bonchev–Trinajstić information content (AvgIpc) is 3.20. The van der Waals surface area contributed by atoms with Crippen molar-refractivity contribution in [2.45, 2.75) is 12.5 Å². The first-order valence-electron chi connectivity index (χ1n) is 8.99. The molecule has 2 heterocycles. The van der Waals surface area contributed by atoms with Crippen LogP contribution >= 0.6 is 0 Å². The highest BCUT2D eigenvalue weighted by Gasteiger charge is 2.51. The van der Waals surface area contributed by atoms with Crippen molar-refractivity contribution in [3.63, 3.8) is 0 Å². The predicted molar refractivity (Wildman–Crippen MR) is 101 cm³/mol. The fourth-order valence-electron chi connectivity index (χ4n) is 3.68. The van der Waals surface area contributed by atoms with Gasteiger partial charge >= 0.3 is 0 Å². The number of aromatic nitrogens is 4. The fraction of sp³-hybridized carbons (Fsp3) is 0.250. The molecule has 1 unspecified atom stereocenters. The van der Waals surface area contributed by atoms with Crippen molar-refractivity contribution in [1.29, 1.82) is 0 Å². The molecule has 0 radical (unpaired) electrons. The lowest BCUT2D eigenvalue weighted by atomic mass is 9.73. The minimum atomic E-state index is -0.751. The molecule has 1 atom stereocenters. The molecule has 0 saturated carbocycles. The van der Waals surface area contributed by atoms with Gasteiger partial charge in [0.05, 0.1) is 5.41 Å². The molecule has 1 fully saturated rings. The van der Waals surface area contributed by atoms with Gasteiger partial charge < -0.3 is 10.6 Å². The number of likely N-dealkylation sites (tertiary alicyclic amines) is 1. The summed E-state index contributed by atoms with van der Waals surface area (Å²) in [5.74, 6) is -0.553. The number of nitrogens with zero attached hydrogens (tertiary/aromatic N) is 5. The van der Waals surface area contributed by atoms with Gasteiger partial charge in [-0.25, -0.2) is 4.68 Å². The molecule has 8 nitrogen and oxygen atoms in total. The van der Waals surface area contributed by atoms with Gasteiger partial charge in [-0.3, -0.25) is 9.59 Å². The second-order valence-electron chi connectivity index (χ2n) is 7.10. The maximum absolute atomic E-state index is 13.2. The van der Waals surface area contributed by atoms with Crippen LogP contribution in [0.15, 0.2) is 67.0 Å². The molecule has 0 spiro atoms. The van der Waals surface area contributed by atoms with E-state index in [0.717, 1.165) is 11.1 Å². The van der Waals surface area contributed by atoms with Crippen LogP contribution in [0.1, 0.15) is 17.2 Å². The molecule has 0 aliphatic carbocycles. The summed E-state index contributed by atoms with van der Waals surface area (Å²) < 4.78 is 1.43. The third-order valence-corrected chi connectivity index (χ3v) is 5.19. The van der Waals surface area contributed by atoms with E-state index < -0.39 is 11.5 Å². The number of carbonyl (C=O) groups is 2. The van der Waals surface area contributed by atoms with E-state index in [1.807, 2.05) is 60.7 Å². The van der Waals surface area contributed by atoms with Crippen LogP contribution in [0.4, 0.5) is 0 Å². The van der Waals surface area contributed by atoms with Crippen LogP contribution in [0.5, 0.6) is 0 Å². The number of hydrogen-bond acceptors (Lipinski definition) is 5. The lowest BCUT2D eigenvalue weighted by Gasteiger charge is -2.49. The van der Waals surface area contributed by atoms with Gasteiger partial charge in [0.15, 0.2) is 6.04 Å². The summed E-state index contributed by atoms with van der Waals surface area (Å²) in [7, 11) is 0. The molecule has 2 amide bonds. The number of tetrazole rings is 1. The van der Waals surface area contributed by atoms with E-state index in [1.165, 1.54) is 11.0 Å². The van der Waals surface area contributed by atoms with Crippen molar-refractivity contribution in [3.8, 4) is 0 Å². The Bertz CT molecular complexity index is 953. The van der Waals surface area contributed by atoms with Gasteiger partial charge in [0, 0.05) is 13.1 Å². The summed E-state index contributed by atoms with van der Waals surface area (Å²) in [6, 6.07) is 18.3. The zero-order chi connectivity index (χ0) is 19.6. The molecule has 1 aromatic heterocycles. The Hall–Kier alpha value is -3.55. The summed E-state index contributed by atoms with van der Waals surface area (Å²) in [6.45, 7) is 0.559. The quantitative estimate of drug-likeness (QED) is 0.685. The maximum Gasteiger partial charge on any atom is 0.252 e. The molecule has 0 bridgehead atoms. The lowest BCUT2D eigenvalue weighted by molar-refractivity contribution is -0.153. The highest BCUT2D eigenvalue weighted by atomic mass is 16.2. The van der Waals surface area contributed by atoms with E-state index in [-0.39, 0.29) is 24.9 Å². The van der Waals surface area contributed by atoms with E-state index in [2.05, 4.69) is 15.5 Å². The van der Waals surface area contributed by atoms with Crippen molar-refractivity contribution in [2.75, 3.05) is 13.1 Å². The zero-order valence-corrected chi connectivity index (χ0v) is 15.2. The molecule has 1 aliphatic rings. The largest absolute Gasteiger partial charge is 0.369 e. The Morgan fingerprint density at radius 1 is 1.04 bits per heavy atom. The molecule has 1 aliphatic heterocycles. The van der Waals surface area contributed by atoms with Crippen LogP contribution in [-0.4, -0.2) is 50.0 Å². The number of nitrogens with two attached hydrogens (primary N) is 1. The fourth-order valence-corrected chi connectivity index (χ4v) is 3.68. The number of primary amides is 1. The molecule has 3 aromatic rings. The van der Waals surface area contributed by atoms with Crippen molar-refractivity contribution in [1.82, 2.24) is 25.1 Å². The molecular formula is C20H20N6O2. The second-order valence-corrected chi connectivity index (χ2v) is 7.10. The smallest absolute Gasteiger partial charge is 0.252 e. The third kappa shape index (κ3) is 3.24. The molecule has 28 heavy (non-hydrogen) atoms. The van der Waals surface area contributed by atoms with Gasteiger partial charge in [-0.2, -0.15) is 0 Å². The number of hydrogen-bond donors (Lipinski definition) is 1. The first kappa shape index (κ1) is 17.8. The Balaban J connectivity index is 1.56. The van der Waals surface area contributed by atoms with E-state index in [0.29, 0.717) is 6.42 Å². The van der Waals surface area contributed by atoms with Crippen molar-refractivity contribution in [2.24, 2.45) is 11.1 Å². The van der Waals surface area contributed by atoms with Gasteiger partial charge in [0.25, 0.3) is 5.91 Å². The zero-order valence-electron chi connectivity index (χ0n) is 15.2. The van der Waals surface area contributed by atoms with Crippen LogP contribution in [0.3, 0.4) is 0 Å². The number of benzene rings is 2. The predicted octanol–water partition coefficient (Wildman–Crippen LogP) is 0.819. The van der Waals surface area contributed by atoms with Crippen LogP contribution in [-0.2, 0) is 16.0 Å². The molecule has 1 saturated heterocycles. The van der Waals surface area contributed by atoms with Crippen molar-refractivity contribution < 1.29 is 9.59 Å². The van der Waals surface area contributed by atoms with Crippen LogP contribution in [0, 0.1) is 5.41 Å². The highest BCUT2D eigenvalue weighted by molar-refractivity contribution is 5.89. The van der Waals surface area contributed by atoms with E-state index in [4.69, 9.17) is 5.73 Å². The van der Waals surface area contributed by atoms with Crippen LogP contribution < -0.4 is 5.73 Å². The van der Waals surface area contributed by atoms with Crippen molar-refractivity contribution in [3.05, 3.63) is 78.1 Å². The topological polar surface area (TPSA) is 107 Å². The summed E-state index contributed by atoms with van der Waals surface area (Å²) in [5, 5.41) is 11.2. The highest BCUT2D eigenvalue weighted by Crippen LogP contribution is 2.36. The number of rotatable bonds is 6. The van der Waals surface area contributed by atoms with Crippen molar-refractivity contribution >= 4 is 11.8 Å². The van der Waals surface area contributed by atoms with E-state index >= 15 is 0 Å². The monoisotopic (exact) mass is 376 g/mol. The van der Waals surface area contributed by atoms with Gasteiger partial charge in [-0.05, 0) is 28.0 Å². The number of amides is 2. The SMILES string of the molecule is NC(=O)C1(Cc2ccccc2)CN(C(=O)C(c2ccccc2)n2cnnn2)C1. The normalized spacial score (nSPS) is 16.2. The van der Waals surface area contributed by atoms with E-state index in [1.54, 1.807) is 4.90 Å². The molecule has 142 valence electrons. The van der Waals surface area contributed by atoms with Crippen LogP contribution in [0.25, 0.3) is 0 Å². The second kappa shape index (κ2) is 7.22. The first-order valence-corrected chi connectivity index (χ1v) is 8.99. The first-order chi connectivity index (χ1) is 13.6. The minimum Gasteiger partial charge on any atom is -0.369 e. The van der Waals surface area contributed by atoms with E-state index in [9.17, 15) is 9.59 Å². The van der Waals surface area contributed by atoms with Gasteiger partial charge in [0.1, 0.15) is 6.33 Å². The summed E-state index contributed by atoms with van der Waals surface area (Å²) in [4.78, 5) is 27.1. The standard InChI is InChI=1S/C20H20N6O2/c21-19(28)20(11-15-7-3-1-4-8-15)12-25(13-20)18(27)17(26-14-22-23-24-26)16-9-5-2-6-10-16/h1-10,14,17H,11-13H2,(H2,21,28). The molecule has 2 aromatic carbocycles. The summed E-state index contributed by atoms with van der Waals surface area (Å²) >= 11 is 0. The maximum atomic E-state index is 13.2. The minimum absolute atomic E-state index is 0.163. The molecule has 4 rings (SSSR count). The Morgan fingerprint density at radius 2 is 1.68 bits per heavy atom. The lowest BCUT2D eigenvalue weighted by Crippen LogP contribution is -2.65. The number of carbonyl (C=O) groups excluding carboxylic acids is 2. The average molecular weight is 376 g/mol. The van der Waals surface area contributed by atoms with Gasteiger partial charge in [0.2, 0.25) is 5.91 Å². The molecule has 2 N–H and O–H groups in total. The van der Waals surface area contributed by atoms with Crippen LogP contribution in [0.2, 0.25) is 0 Å². The van der Waals surface area contributed by atoms with Gasteiger partial charge in [-0.15, -0.1) is 5.10 Å². The Morgan fingerprint density at radius 3 is 2.25 bits per heavy atom. The van der Waals surface area contributed by atoms with Gasteiger partial charge in [-0.1, -0.05) is 60.7 Å². The molecule has 8 heteroatoms. The Kier molecular flexibility index (Phi) is 4.60.